The minimum atomic E-state index is -0.362. The molecule has 0 unspecified atom stereocenters. The lowest BCUT2D eigenvalue weighted by molar-refractivity contribution is -0.136. The van der Waals surface area contributed by atoms with E-state index in [-0.39, 0.29) is 11.9 Å². The third kappa shape index (κ3) is 4.58. The second-order valence-corrected chi connectivity index (χ2v) is 5.08. The van der Waals surface area contributed by atoms with Crippen molar-refractivity contribution >= 4 is 23.6 Å². The van der Waals surface area contributed by atoms with Crippen LogP contribution in [0, 0.1) is 0 Å². The van der Waals surface area contributed by atoms with Crippen molar-refractivity contribution in [1.29, 1.82) is 0 Å². The molecule has 0 bridgehead atoms. The van der Waals surface area contributed by atoms with Gasteiger partial charge in [-0.05, 0) is 36.6 Å². The van der Waals surface area contributed by atoms with Crippen molar-refractivity contribution < 1.29 is 14.3 Å². The summed E-state index contributed by atoms with van der Waals surface area (Å²) in [5.74, 6) is -0.188. The van der Waals surface area contributed by atoms with E-state index in [2.05, 4.69) is 0 Å². The van der Waals surface area contributed by atoms with Crippen LogP contribution in [-0.4, -0.2) is 25.0 Å². The minimum Gasteiger partial charge on any atom is -0.458 e. The van der Waals surface area contributed by atoms with Crippen LogP contribution >= 0.6 is 0 Å². The molecule has 0 atom stereocenters. The van der Waals surface area contributed by atoms with Gasteiger partial charge in [0.1, 0.15) is 6.61 Å². The molecule has 0 aromatic heterocycles. The third-order valence-electron chi connectivity index (χ3n) is 3.41. The van der Waals surface area contributed by atoms with Gasteiger partial charge in [-0.1, -0.05) is 31.2 Å². The van der Waals surface area contributed by atoms with Crippen molar-refractivity contribution in [3.05, 3.63) is 48.1 Å². The van der Waals surface area contributed by atoms with E-state index in [0.29, 0.717) is 13.0 Å². The van der Waals surface area contributed by atoms with Crippen LogP contribution in [0.3, 0.4) is 0 Å². The lowest BCUT2D eigenvalue weighted by Gasteiger charge is -2.15. The molecule has 1 aromatic rings. The standard InChI is InChI=1S/C18H21NO3/c1-2-3-4-14-22-18(21)12-9-15-7-10-16(11-8-15)19-13-5-6-17(19)20/h3-4,7-12H,2,5-6,13-14H2,1H3. The van der Waals surface area contributed by atoms with Gasteiger partial charge >= 0.3 is 5.97 Å². The Kier molecular flexibility index (Phi) is 5.95. The summed E-state index contributed by atoms with van der Waals surface area (Å²) in [7, 11) is 0. The summed E-state index contributed by atoms with van der Waals surface area (Å²) < 4.78 is 5.02. The molecular formula is C18H21NO3. The number of anilines is 1. The number of allylic oxidation sites excluding steroid dienone is 1. The fraction of sp³-hybridized carbons (Fsp3) is 0.333. The van der Waals surface area contributed by atoms with Crippen molar-refractivity contribution in [3.63, 3.8) is 0 Å². The van der Waals surface area contributed by atoms with E-state index in [1.165, 1.54) is 6.08 Å². The van der Waals surface area contributed by atoms with Gasteiger partial charge in [-0.25, -0.2) is 4.79 Å². The average Bonchev–Trinajstić information content (AvgIpc) is 2.96. The van der Waals surface area contributed by atoms with Gasteiger partial charge in [0.15, 0.2) is 0 Å². The summed E-state index contributed by atoms with van der Waals surface area (Å²) >= 11 is 0. The van der Waals surface area contributed by atoms with E-state index in [4.69, 9.17) is 4.74 Å². The summed E-state index contributed by atoms with van der Waals surface area (Å²) in [6.07, 6.45) is 9.37. The molecule has 1 fully saturated rings. The molecule has 116 valence electrons. The van der Waals surface area contributed by atoms with Gasteiger partial charge in [-0.15, -0.1) is 0 Å². The molecule has 1 amide bonds. The van der Waals surface area contributed by atoms with E-state index in [1.807, 2.05) is 43.3 Å². The first kappa shape index (κ1) is 16.0. The monoisotopic (exact) mass is 299 g/mol. The summed E-state index contributed by atoms with van der Waals surface area (Å²) in [5.41, 5.74) is 1.81. The van der Waals surface area contributed by atoms with Crippen molar-refractivity contribution in [3.8, 4) is 0 Å². The van der Waals surface area contributed by atoms with E-state index in [1.54, 1.807) is 11.0 Å². The van der Waals surface area contributed by atoms with Crippen molar-refractivity contribution in [2.45, 2.75) is 26.2 Å². The van der Waals surface area contributed by atoms with Crippen LogP contribution in [0.25, 0.3) is 6.08 Å². The van der Waals surface area contributed by atoms with Crippen molar-refractivity contribution in [1.82, 2.24) is 0 Å². The maximum atomic E-state index is 11.7. The number of hydrogen-bond acceptors (Lipinski definition) is 3. The van der Waals surface area contributed by atoms with Gasteiger partial charge in [0.25, 0.3) is 0 Å². The molecule has 1 saturated heterocycles. The first-order valence-corrected chi connectivity index (χ1v) is 7.61. The summed E-state index contributed by atoms with van der Waals surface area (Å²) in [5, 5.41) is 0. The zero-order chi connectivity index (χ0) is 15.8. The fourth-order valence-electron chi connectivity index (χ4n) is 2.26. The van der Waals surface area contributed by atoms with Crippen LogP contribution in [0.15, 0.2) is 42.5 Å². The number of carbonyl (C=O) groups excluding carboxylic acids is 2. The number of hydrogen-bond donors (Lipinski definition) is 0. The number of ether oxygens (including phenoxy) is 1. The number of amides is 1. The molecule has 1 aliphatic rings. The molecule has 1 aromatic carbocycles. The van der Waals surface area contributed by atoms with Crippen LogP contribution in [0.4, 0.5) is 5.69 Å². The quantitative estimate of drug-likeness (QED) is 0.460. The maximum absolute atomic E-state index is 11.7. The molecule has 0 saturated carbocycles. The molecule has 1 heterocycles. The second kappa shape index (κ2) is 8.17. The Hall–Kier alpha value is -2.36. The lowest BCUT2D eigenvalue weighted by Crippen LogP contribution is -2.23. The zero-order valence-corrected chi connectivity index (χ0v) is 12.8. The Morgan fingerprint density at radius 1 is 1.27 bits per heavy atom. The van der Waals surface area contributed by atoms with Gasteiger partial charge in [-0.2, -0.15) is 0 Å². The molecule has 4 heteroatoms. The van der Waals surface area contributed by atoms with E-state index >= 15 is 0 Å². The Morgan fingerprint density at radius 2 is 2.05 bits per heavy atom. The number of benzene rings is 1. The zero-order valence-electron chi connectivity index (χ0n) is 12.8. The molecule has 0 radical (unpaired) electrons. The Bertz CT molecular complexity index is 572. The lowest BCUT2D eigenvalue weighted by atomic mass is 10.2. The van der Waals surface area contributed by atoms with E-state index < -0.39 is 0 Å². The number of esters is 1. The van der Waals surface area contributed by atoms with Crippen LogP contribution in [0.5, 0.6) is 0 Å². The number of carbonyl (C=O) groups is 2. The van der Waals surface area contributed by atoms with Gasteiger partial charge < -0.3 is 9.64 Å². The van der Waals surface area contributed by atoms with Crippen LogP contribution in [0.2, 0.25) is 0 Å². The first-order valence-electron chi connectivity index (χ1n) is 7.61. The molecular weight excluding hydrogens is 278 g/mol. The Labute approximate surface area is 131 Å². The predicted molar refractivity (Wildman–Crippen MR) is 87.5 cm³/mol. The first-order chi connectivity index (χ1) is 10.7. The van der Waals surface area contributed by atoms with Crippen LogP contribution in [-0.2, 0) is 14.3 Å². The second-order valence-electron chi connectivity index (χ2n) is 5.08. The molecule has 0 spiro atoms. The minimum absolute atomic E-state index is 0.173. The van der Waals surface area contributed by atoms with E-state index in [0.717, 1.165) is 30.6 Å². The highest BCUT2D eigenvalue weighted by Crippen LogP contribution is 2.21. The fourth-order valence-corrected chi connectivity index (χ4v) is 2.26. The molecule has 0 N–H and O–H groups in total. The summed E-state index contributed by atoms with van der Waals surface area (Å²) in [6.45, 7) is 3.11. The SMILES string of the molecule is CCC=CCOC(=O)C=Cc1ccc(N2CCCC2=O)cc1. The predicted octanol–water partition coefficient (Wildman–Crippen LogP) is 3.34. The van der Waals surface area contributed by atoms with Gasteiger partial charge in [0.2, 0.25) is 5.91 Å². The molecule has 22 heavy (non-hydrogen) atoms. The third-order valence-corrected chi connectivity index (χ3v) is 3.41. The van der Waals surface area contributed by atoms with Gasteiger partial charge in [-0.3, -0.25) is 4.79 Å². The number of nitrogens with zero attached hydrogens (tertiary/aromatic N) is 1. The molecule has 0 aliphatic carbocycles. The van der Waals surface area contributed by atoms with Crippen molar-refractivity contribution in [2.24, 2.45) is 0 Å². The largest absolute Gasteiger partial charge is 0.458 e. The van der Waals surface area contributed by atoms with E-state index in [9.17, 15) is 9.59 Å². The van der Waals surface area contributed by atoms with Crippen LogP contribution < -0.4 is 4.90 Å². The van der Waals surface area contributed by atoms with Gasteiger partial charge in [0.05, 0.1) is 0 Å². The smallest absolute Gasteiger partial charge is 0.331 e. The molecule has 4 nitrogen and oxygen atoms in total. The normalized spacial score (nSPS) is 15.1. The highest BCUT2D eigenvalue weighted by molar-refractivity contribution is 5.95. The molecule has 2 rings (SSSR count). The Morgan fingerprint density at radius 3 is 2.68 bits per heavy atom. The average molecular weight is 299 g/mol. The summed E-state index contributed by atoms with van der Waals surface area (Å²) in [4.78, 5) is 25.0. The highest BCUT2D eigenvalue weighted by atomic mass is 16.5. The number of rotatable bonds is 6. The molecule has 1 aliphatic heterocycles. The van der Waals surface area contributed by atoms with Gasteiger partial charge in [0, 0.05) is 24.7 Å². The van der Waals surface area contributed by atoms with Crippen molar-refractivity contribution in [2.75, 3.05) is 18.1 Å². The summed E-state index contributed by atoms with van der Waals surface area (Å²) in [6, 6.07) is 7.58. The topological polar surface area (TPSA) is 46.6 Å². The van der Waals surface area contributed by atoms with Crippen LogP contribution in [0.1, 0.15) is 31.7 Å². The Balaban J connectivity index is 1.88. The highest BCUT2D eigenvalue weighted by Gasteiger charge is 2.21. The maximum Gasteiger partial charge on any atom is 0.331 e.